The van der Waals surface area contributed by atoms with Gasteiger partial charge in [-0.25, -0.2) is 4.98 Å². The summed E-state index contributed by atoms with van der Waals surface area (Å²) in [5.74, 6) is 0.590. The number of nitrogen functional groups attached to an aromatic ring is 1. The van der Waals surface area contributed by atoms with Gasteiger partial charge in [-0.05, 0) is 78.7 Å². The summed E-state index contributed by atoms with van der Waals surface area (Å²) < 4.78 is 8.47. The molecule has 0 radical (unpaired) electrons. The summed E-state index contributed by atoms with van der Waals surface area (Å²) in [5.41, 5.74) is 8.94. The van der Waals surface area contributed by atoms with E-state index in [-0.39, 0.29) is 0 Å². The topological polar surface area (TPSA) is 52.0 Å². The molecule has 0 bridgehead atoms. The van der Waals surface area contributed by atoms with E-state index in [1.54, 1.807) is 0 Å². The lowest BCUT2D eigenvalue weighted by molar-refractivity contribution is 0.619. The van der Waals surface area contributed by atoms with Crippen molar-refractivity contribution in [2.75, 3.05) is 5.73 Å². The third-order valence-electron chi connectivity index (χ3n) is 2.68. The zero-order valence-electron chi connectivity index (χ0n) is 9.45. The number of benzene rings is 2. The highest BCUT2D eigenvalue weighted by Crippen LogP contribution is 2.37. The van der Waals surface area contributed by atoms with Crippen molar-refractivity contribution in [3.05, 3.63) is 42.8 Å². The molecule has 0 aliphatic carbocycles. The third-order valence-corrected chi connectivity index (χ3v) is 4.81. The lowest BCUT2D eigenvalue weighted by atomic mass is 10.2. The highest BCUT2D eigenvalue weighted by molar-refractivity contribution is 14.1. The van der Waals surface area contributed by atoms with E-state index in [0.29, 0.717) is 17.2 Å². The summed E-state index contributed by atoms with van der Waals surface area (Å²) in [6.07, 6.45) is 0. The maximum Gasteiger partial charge on any atom is 0.227 e. The molecule has 0 aliphatic heterocycles. The second kappa shape index (κ2) is 5.06. The molecule has 3 nitrogen and oxygen atoms in total. The molecule has 19 heavy (non-hydrogen) atoms. The minimum Gasteiger partial charge on any atom is -0.436 e. The van der Waals surface area contributed by atoms with Crippen LogP contribution >= 0.6 is 54.5 Å². The molecule has 0 atom stereocenters. The number of oxazole rings is 1. The van der Waals surface area contributed by atoms with Crippen molar-refractivity contribution in [2.45, 2.75) is 0 Å². The summed E-state index contributed by atoms with van der Waals surface area (Å²) in [6, 6.07) is 9.83. The Morgan fingerprint density at radius 3 is 2.74 bits per heavy atom. The Balaban J connectivity index is 2.25. The Kier molecular flexibility index (Phi) is 3.57. The minimum atomic E-state index is 0.590. The zero-order chi connectivity index (χ0) is 13.6. The zero-order valence-corrected chi connectivity index (χ0v) is 14.8. The van der Waals surface area contributed by atoms with Gasteiger partial charge in [0.1, 0.15) is 5.52 Å². The molecule has 1 heterocycles. The second-order valence-electron chi connectivity index (χ2n) is 3.96. The SMILES string of the molecule is Nc1c(Br)cc2oc(-c3cccc(I)c3)nc2c1Br. The largest absolute Gasteiger partial charge is 0.436 e. The molecule has 0 fully saturated rings. The van der Waals surface area contributed by atoms with Crippen molar-refractivity contribution in [3.8, 4) is 11.5 Å². The molecule has 0 saturated heterocycles. The van der Waals surface area contributed by atoms with Crippen LogP contribution in [0.1, 0.15) is 0 Å². The molecule has 0 unspecified atom stereocenters. The quantitative estimate of drug-likeness (QED) is 0.374. The van der Waals surface area contributed by atoms with Crippen molar-refractivity contribution >= 4 is 71.2 Å². The predicted molar refractivity (Wildman–Crippen MR) is 92.0 cm³/mol. The Labute approximate surface area is 140 Å². The van der Waals surface area contributed by atoms with Crippen molar-refractivity contribution in [1.82, 2.24) is 4.98 Å². The first-order valence-corrected chi connectivity index (χ1v) is 8.02. The van der Waals surface area contributed by atoms with Crippen LogP contribution in [-0.4, -0.2) is 4.98 Å². The standard InChI is InChI=1S/C13H7Br2IN2O/c14-8-5-9-12(10(15)11(8)17)18-13(19-9)6-2-1-3-7(16)4-6/h1-5H,17H2. The van der Waals surface area contributed by atoms with Gasteiger partial charge in [-0.3, -0.25) is 0 Å². The molecule has 3 aromatic rings. The van der Waals surface area contributed by atoms with Crippen molar-refractivity contribution in [1.29, 1.82) is 0 Å². The molecule has 3 rings (SSSR count). The predicted octanol–water partition coefficient (Wildman–Crippen LogP) is 5.21. The Morgan fingerprint density at radius 2 is 2.00 bits per heavy atom. The fraction of sp³-hybridized carbons (Fsp3) is 0. The van der Waals surface area contributed by atoms with Crippen LogP contribution in [0.3, 0.4) is 0 Å². The van der Waals surface area contributed by atoms with Crippen molar-refractivity contribution < 1.29 is 4.42 Å². The van der Waals surface area contributed by atoms with Gasteiger partial charge in [-0.2, -0.15) is 0 Å². The normalized spacial score (nSPS) is 11.1. The van der Waals surface area contributed by atoms with Gasteiger partial charge < -0.3 is 10.2 Å². The highest BCUT2D eigenvalue weighted by Gasteiger charge is 2.15. The van der Waals surface area contributed by atoms with Gasteiger partial charge in [0.2, 0.25) is 5.89 Å². The fourth-order valence-corrected chi connectivity index (χ4v) is 3.47. The Hall–Kier alpha value is -0.600. The average molecular weight is 494 g/mol. The summed E-state index contributed by atoms with van der Waals surface area (Å²) in [4.78, 5) is 4.51. The number of fused-ring (bicyclic) bond motifs is 1. The summed E-state index contributed by atoms with van der Waals surface area (Å²) in [5, 5.41) is 0. The first-order valence-electron chi connectivity index (χ1n) is 5.36. The molecule has 6 heteroatoms. The maximum atomic E-state index is 5.94. The average Bonchev–Trinajstić information content (AvgIpc) is 2.80. The molecule has 0 amide bonds. The van der Waals surface area contributed by atoms with Crippen LogP contribution in [0.4, 0.5) is 5.69 Å². The van der Waals surface area contributed by atoms with Gasteiger partial charge in [0.15, 0.2) is 5.58 Å². The number of anilines is 1. The summed E-state index contributed by atoms with van der Waals surface area (Å²) >= 11 is 9.12. The van der Waals surface area contributed by atoms with Gasteiger partial charge >= 0.3 is 0 Å². The highest BCUT2D eigenvalue weighted by atomic mass is 127. The van der Waals surface area contributed by atoms with Crippen LogP contribution < -0.4 is 5.73 Å². The summed E-state index contributed by atoms with van der Waals surface area (Å²) in [6.45, 7) is 0. The molecule has 0 aliphatic rings. The minimum absolute atomic E-state index is 0.590. The van der Waals surface area contributed by atoms with Crippen LogP contribution in [-0.2, 0) is 0 Å². The number of halogens is 3. The Morgan fingerprint density at radius 1 is 1.21 bits per heavy atom. The molecule has 0 saturated carbocycles. The van der Waals surface area contributed by atoms with E-state index in [9.17, 15) is 0 Å². The fourth-order valence-electron chi connectivity index (χ4n) is 1.76. The molecule has 2 aromatic carbocycles. The van der Waals surface area contributed by atoms with Crippen LogP contribution in [0.5, 0.6) is 0 Å². The monoisotopic (exact) mass is 492 g/mol. The number of nitrogens with zero attached hydrogens (tertiary/aromatic N) is 1. The molecular formula is C13H7Br2IN2O. The maximum absolute atomic E-state index is 5.94. The van der Waals surface area contributed by atoms with Gasteiger partial charge in [0.25, 0.3) is 0 Å². The third kappa shape index (κ3) is 2.41. The molecule has 96 valence electrons. The molecule has 2 N–H and O–H groups in total. The van der Waals surface area contributed by atoms with E-state index in [1.165, 1.54) is 0 Å². The molecule has 1 aromatic heterocycles. The smallest absolute Gasteiger partial charge is 0.227 e. The van der Waals surface area contributed by atoms with Gasteiger partial charge in [-0.1, -0.05) is 6.07 Å². The molecular weight excluding hydrogens is 487 g/mol. The van der Waals surface area contributed by atoms with E-state index in [4.69, 9.17) is 10.2 Å². The van der Waals surface area contributed by atoms with Crippen LogP contribution in [0.25, 0.3) is 22.6 Å². The number of hydrogen-bond donors (Lipinski definition) is 1. The second-order valence-corrected chi connectivity index (χ2v) is 6.86. The van der Waals surface area contributed by atoms with Crippen LogP contribution in [0.15, 0.2) is 43.7 Å². The number of aromatic nitrogens is 1. The van der Waals surface area contributed by atoms with Crippen LogP contribution in [0.2, 0.25) is 0 Å². The van der Waals surface area contributed by atoms with E-state index in [2.05, 4.69) is 59.4 Å². The van der Waals surface area contributed by atoms with Gasteiger partial charge in [0, 0.05) is 13.6 Å². The number of rotatable bonds is 1. The van der Waals surface area contributed by atoms with E-state index in [0.717, 1.165) is 23.6 Å². The van der Waals surface area contributed by atoms with Crippen LogP contribution in [0, 0.1) is 3.57 Å². The van der Waals surface area contributed by atoms with E-state index < -0.39 is 0 Å². The first kappa shape index (κ1) is 13.4. The Bertz CT molecular complexity index is 786. The number of nitrogens with two attached hydrogens (primary N) is 1. The van der Waals surface area contributed by atoms with Crippen molar-refractivity contribution in [3.63, 3.8) is 0 Å². The van der Waals surface area contributed by atoms with Gasteiger partial charge in [-0.15, -0.1) is 0 Å². The molecule has 0 spiro atoms. The van der Waals surface area contributed by atoms with Gasteiger partial charge in [0.05, 0.1) is 10.2 Å². The number of hydrogen-bond acceptors (Lipinski definition) is 3. The van der Waals surface area contributed by atoms with E-state index in [1.807, 2.05) is 30.3 Å². The van der Waals surface area contributed by atoms with E-state index >= 15 is 0 Å². The first-order chi connectivity index (χ1) is 9.06. The lowest BCUT2D eigenvalue weighted by Gasteiger charge is -1.99. The summed E-state index contributed by atoms with van der Waals surface area (Å²) in [7, 11) is 0. The lowest BCUT2D eigenvalue weighted by Crippen LogP contribution is -1.88. The van der Waals surface area contributed by atoms with Crippen molar-refractivity contribution in [2.24, 2.45) is 0 Å².